The molecule has 9 nitrogen and oxygen atoms in total. The third-order valence-corrected chi connectivity index (χ3v) is 5.79. The molecule has 0 aliphatic carbocycles. The van der Waals surface area contributed by atoms with E-state index < -0.39 is 6.04 Å². The van der Waals surface area contributed by atoms with Gasteiger partial charge in [0.25, 0.3) is 11.1 Å². The lowest BCUT2D eigenvalue weighted by atomic mass is 10.1. The Morgan fingerprint density at radius 3 is 2.08 bits per heavy atom. The van der Waals surface area contributed by atoms with Gasteiger partial charge in [-0.05, 0) is 50.2 Å². The van der Waals surface area contributed by atoms with Crippen LogP contribution in [0.2, 0.25) is 0 Å². The summed E-state index contributed by atoms with van der Waals surface area (Å²) >= 11 is 0. The summed E-state index contributed by atoms with van der Waals surface area (Å²) in [4.78, 5) is 37.5. The number of rotatable bonds is 8. The zero-order valence-corrected chi connectivity index (χ0v) is 20.3. The molecule has 36 heavy (non-hydrogen) atoms. The first kappa shape index (κ1) is 24.6. The third-order valence-electron chi connectivity index (χ3n) is 5.79. The fraction of sp³-hybridized carbons (Fsp3) is 0.222. The molecule has 0 aliphatic heterocycles. The zero-order valence-electron chi connectivity index (χ0n) is 20.3. The monoisotopic (exact) mass is 485 g/mol. The Bertz CT molecular complexity index is 1470. The molecule has 4 rings (SSSR count). The van der Waals surface area contributed by atoms with Gasteiger partial charge in [-0.2, -0.15) is 10.2 Å². The summed E-state index contributed by atoms with van der Waals surface area (Å²) in [6, 6.07) is 20.4. The van der Waals surface area contributed by atoms with Gasteiger partial charge < -0.3 is 10.1 Å². The minimum absolute atomic E-state index is 0.161. The second kappa shape index (κ2) is 10.8. The van der Waals surface area contributed by atoms with Gasteiger partial charge in [0.05, 0.1) is 25.0 Å². The molecule has 2 aromatic heterocycles. The predicted octanol–water partition coefficient (Wildman–Crippen LogP) is 2.83. The number of nitrogens with zero attached hydrogens (tertiary/aromatic N) is 4. The van der Waals surface area contributed by atoms with Crippen molar-refractivity contribution in [1.82, 2.24) is 24.9 Å². The van der Waals surface area contributed by atoms with E-state index >= 15 is 0 Å². The SMILES string of the molecule is COc1ccc(-c2ccc(=O)n(CCNC(=O)C(C)n3nc(-c4ccc(C)cc4)ccc3=O)n2)cc1. The van der Waals surface area contributed by atoms with Crippen LogP contribution in [0.4, 0.5) is 0 Å². The van der Waals surface area contributed by atoms with Gasteiger partial charge in [0.2, 0.25) is 5.91 Å². The molecule has 1 amide bonds. The van der Waals surface area contributed by atoms with Crippen LogP contribution < -0.4 is 21.2 Å². The summed E-state index contributed by atoms with van der Waals surface area (Å²) in [7, 11) is 1.59. The van der Waals surface area contributed by atoms with Crippen LogP contribution in [0.15, 0.2) is 82.4 Å². The van der Waals surface area contributed by atoms with Crippen LogP contribution in [0.1, 0.15) is 18.5 Å². The van der Waals surface area contributed by atoms with Crippen LogP contribution in [0.5, 0.6) is 5.75 Å². The highest BCUT2D eigenvalue weighted by Crippen LogP contribution is 2.19. The Labute approximate surface area is 208 Å². The van der Waals surface area contributed by atoms with E-state index in [1.54, 1.807) is 26.2 Å². The molecule has 9 heteroatoms. The molecule has 1 atom stereocenters. The number of carbonyl (C=O) groups is 1. The summed E-state index contributed by atoms with van der Waals surface area (Å²) in [6.45, 7) is 3.93. The lowest BCUT2D eigenvalue weighted by Gasteiger charge is -2.15. The number of aryl methyl sites for hydroxylation is 1. The maximum atomic E-state index is 12.8. The van der Waals surface area contributed by atoms with Gasteiger partial charge in [-0.15, -0.1) is 0 Å². The standard InChI is InChI=1S/C27H27N5O4/c1-18-4-6-20(7-5-18)24-13-15-26(34)32(30-24)19(2)27(35)28-16-17-31-25(33)14-12-23(29-31)21-8-10-22(36-3)11-9-21/h4-15,19H,16-17H2,1-3H3,(H,28,35). The van der Waals surface area contributed by atoms with Gasteiger partial charge in [0, 0.05) is 29.8 Å². The van der Waals surface area contributed by atoms with E-state index in [-0.39, 0.29) is 30.1 Å². The molecule has 0 spiro atoms. The molecule has 2 heterocycles. The Hall–Kier alpha value is -4.53. The van der Waals surface area contributed by atoms with Gasteiger partial charge in [-0.1, -0.05) is 29.8 Å². The highest BCUT2D eigenvalue weighted by molar-refractivity contribution is 5.79. The van der Waals surface area contributed by atoms with Crippen LogP contribution in [0.25, 0.3) is 22.5 Å². The molecule has 184 valence electrons. The van der Waals surface area contributed by atoms with Crippen LogP contribution in [0.3, 0.4) is 0 Å². The van der Waals surface area contributed by atoms with Crippen molar-refractivity contribution in [1.29, 1.82) is 0 Å². The molecule has 1 unspecified atom stereocenters. The molecule has 0 aliphatic rings. The van der Waals surface area contributed by atoms with Crippen molar-refractivity contribution in [3.8, 4) is 28.3 Å². The van der Waals surface area contributed by atoms with Crippen molar-refractivity contribution in [3.63, 3.8) is 0 Å². The van der Waals surface area contributed by atoms with E-state index in [9.17, 15) is 14.4 Å². The van der Waals surface area contributed by atoms with Gasteiger partial charge in [-0.25, -0.2) is 9.36 Å². The quantitative estimate of drug-likeness (QED) is 0.411. The number of ether oxygens (including phenoxy) is 1. The van der Waals surface area contributed by atoms with Gasteiger partial charge in [0.1, 0.15) is 11.8 Å². The highest BCUT2D eigenvalue weighted by atomic mass is 16.5. The molecule has 2 aromatic carbocycles. The van der Waals surface area contributed by atoms with Crippen molar-refractivity contribution < 1.29 is 9.53 Å². The smallest absolute Gasteiger partial charge is 0.267 e. The average Bonchev–Trinajstić information content (AvgIpc) is 2.90. The fourth-order valence-corrected chi connectivity index (χ4v) is 3.65. The third kappa shape index (κ3) is 5.57. The van der Waals surface area contributed by atoms with E-state index in [0.29, 0.717) is 11.4 Å². The summed E-state index contributed by atoms with van der Waals surface area (Å²) < 4.78 is 7.64. The molecule has 0 radical (unpaired) electrons. The van der Waals surface area contributed by atoms with Gasteiger partial charge >= 0.3 is 0 Å². The van der Waals surface area contributed by atoms with E-state index in [4.69, 9.17) is 4.74 Å². The first-order valence-electron chi connectivity index (χ1n) is 11.5. The largest absolute Gasteiger partial charge is 0.497 e. The average molecular weight is 486 g/mol. The number of aromatic nitrogens is 4. The molecule has 1 N–H and O–H groups in total. The number of nitrogens with one attached hydrogen (secondary N) is 1. The Kier molecular flexibility index (Phi) is 7.39. The summed E-state index contributed by atoms with van der Waals surface area (Å²) in [5.74, 6) is 0.340. The Morgan fingerprint density at radius 1 is 0.861 bits per heavy atom. The second-order valence-electron chi connectivity index (χ2n) is 8.34. The van der Waals surface area contributed by atoms with Gasteiger partial charge in [-0.3, -0.25) is 14.4 Å². The van der Waals surface area contributed by atoms with Crippen molar-refractivity contribution in [2.45, 2.75) is 26.4 Å². The molecule has 0 bridgehead atoms. The Morgan fingerprint density at radius 2 is 1.44 bits per heavy atom. The topological polar surface area (TPSA) is 108 Å². The van der Waals surface area contributed by atoms with Crippen molar-refractivity contribution in [2.75, 3.05) is 13.7 Å². The van der Waals surface area contributed by atoms with Gasteiger partial charge in [0.15, 0.2) is 0 Å². The molecule has 0 saturated carbocycles. The Balaban J connectivity index is 1.43. The number of methoxy groups -OCH3 is 1. The normalized spacial score (nSPS) is 11.6. The second-order valence-corrected chi connectivity index (χ2v) is 8.34. The number of amides is 1. The van der Waals surface area contributed by atoms with E-state index in [1.165, 1.54) is 21.5 Å². The minimum atomic E-state index is -0.835. The fourth-order valence-electron chi connectivity index (χ4n) is 3.65. The van der Waals surface area contributed by atoms with E-state index in [2.05, 4.69) is 15.5 Å². The maximum Gasteiger partial charge on any atom is 0.267 e. The predicted molar refractivity (Wildman–Crippen MR) is 137 cm³/mol. The molecular formula is C27H27N5O4. The van der Waals surface area contributed by atoms with Crippen LogP contribution in [0, 0.1) is 6.92 Å². The highest BCUT2D eigenvalue weighted by Gasteiger charge is 2.18. The van der Waals surface area contributed by atoms with Crippen LogP contribution >= 0.6 is 0 Å². The first-order valence-corrected chi connectivity index (χ1v) is 11.5. The van der Waals surface area contributed by atoms with Crippen LogP contribution in [-0.4, -0.2) is 39.1 Å². The maximum absolute atomic E-state index is 12.8. The number of benzene rings is 2. The first-order chi connectivity index (χ1) is 17.4. The molecule has 0 saturated heterocycles. The number of carbonyl (C=O) groups excluding carboxylic acids is 1. The van der Waals surface area contributed by atoms with Crippen molar-refractivity contribution in [2.24, 2.45) is 0 Å². The van der Waals surface area contributed by atoms with Crippen LogP contribution in [-0.2, 0) is 11.3 Å². The summed E-state index contributed by atoms with van der Waals surface area (Å²) in [5.41, 5.74) is 3.37. The minimum Gasteiger partial charge on any atom is -0.497 e. The molecule has 4 aromatic rings. The van der Waals surface area contributed by atoms with Crippen molar-refractivity contribution >= 4 is 5.91 Å². The molecular weight excluding hydrogens is 458 g/mol. The summed E-state index contributed by atoms with van der Waals surface area (Å²) in [6.07, 6.45) is 0. The summed E-state index contributed by atoms with van der Waals surface area (Å²) in [5, 5.41) is 11.6. The lowest BCUT2D eigenvalue weighted by Crippen LogP contribution is -2.39. The van der Waals surface area contributed by atoms with E-state index in [1.807, 2.05) is 55.5 Å². The zero-order chi connectivity index (χ0) is 25.7. The number of hydrogen-bond donors (Lipinski definition) is 1. The number of hydrogen-bond acceptors (Lipinski definition) is 6. The lowest BCUT2D eigenvalue weighted by molar-refractivity contribution is -0.124. The molecule has 0 fully saturated rings. The van der Waals surface area contributed by atoms with E-state index in [0.717, 1.165) is 22.4 Å². The van der Waals surface area contributed by atoms with Crippen molar-refractivity contribution in [3.05, 3.63) is 99.1 Å².